The highest BCUT2D eigenvalue weighted by molar-refractivity contribution is 7.89. The summed E-state index contributed by atoms with van der Waals surface area (Å²) in [7, 11) is -3.94. The van der Waals surface area contributed by atoms with E-state index < -0.39 is 28.1 Å². The molecule has 0 spiro atoms. The van der Waals surface area contributed by atoms with Crippen molar-refractivity contribution in [3.8, 4) is 0 Å². The third-order valence-electron chi connectivity index (χ3n) is 2.32. The van der Waals surface area contributed by atoms with Gasteiger partial charge in [-0.25, -0.2) is 8.42 Å². The number of carboxylic acid groups (broad SMARTS) is 1. The van der Waals surface area contributed by atoms with E-state index in [1.807, 2.05) is 4.72 Å². The molecule has 0 saturated carbocycles. The molecule has 0 aliphatic carbocycles. The van der Waals surface area contributed by atoms with Gasteiger partial charge in [0.15, 0.2) is 0 Å². The summed E-state index contributed by atoms with van der Waals surface area (Å²) in [6.07, 6.45) is -1.32. The summed E-state index contributed by atoms with van der Waals surface area (Å²) in [6.45, 7) is 4.62. The Balaban J connectivity index is 3.08. The quantitative estimate of drug-likeness (QED) is 0.732. The van der Waals surface area contributed by atoms with Crippen molar-refractivity contribution in [2.24, 2.45) is 0 Å². The zero-order valence-corrected chi connectivity index (χ0v) is 11.8. The Morgan fingerprint density at radius 1 is 1.44 bits per heavy atom. The predicted octanol–water partition coefficient (Wildman–Crippen LogP) is 0.477. The molecule has 0 aromatic carbocycles. The molecule has 1 heterocycles. The van der Waals surface area contributed by atoms with Gasteiger partial charge in [-0.15, -0.1) is 11.3 Å². The van der Waals surface area contributed by atoms with Gasteiger partial charge >= 0.3 is 5.97 Å². The Bertz CT molecular complexity index is 547. The number of carbonyl (C=O) groups is 1. The Morgan fingerprint density at radius 2 is 2.00 bits per heavy atom. The van der Waals surface area contributed by atoms with Crippen molar-refractivity contribution in [1.29, 1.82) is 0 Å². The van der Waals surface area contributed by atoms with Crippen LogP contribution < -0.4 is 4.72 Å². The highest BCUT2D eigenvalue weighted by atomic mass is 32.2. The number of thiophene rings is 1. The molecule has 0 bridgehead atoms. The number of rotatable bonds is 5. The van der Waals surface area contributed by atoms with Crippen LogP contribution in [-0.2, 0) is 14.8 Å². The number of aryl methyl sites for hydroxylation is 2. The maximum Gasteiger partial charge on any atom is 0.324 e. The lowest BCUT2D eigenvalue weighted by atomic mass is 10.2. The number of sulfonamides is 1. The van der Waals surface area contributed by atoms with E-state index in [0.29, 0.717) is 4.88 Å². The number of nitrogens with one attached hydrogen (secondary N) is 1. The Kier molecular flexibility index (Phi) is 4.49. The lowest BCUT2D eigenvalue weighted by Crippen LogP contribution is -2.47. The third-order valence-corrected chi connectivity index (χ3v) is 4.98. The van der Waals surface area contributed by atoms with Crippen LogP contribution in [0.4, 0.5) is 0 Å². The first kappa shape index (κ1) is 15.1. The molecule has 6 nitrogen and oxygen atoms in total. The minimum absolute atomic E-state index is 0.0527. The second kappa shape index (κ2) is 5.35. The molecule has 2 atom stereocenters. The fraction of sp³-hybridized carbons (Fsp3) is 0.500. The minimum atomic E-state index is -3.94. The van der Waals surface area contributed by atoms with Gasteiger partial charge in [0.05, 0.1) is 11.0 Å². The van der Waals surface area contributed by atoms with Crippen molar-refractivity contribution in [1.82, 2.24) is 4.72 Å². The van der Waals surface area contributed by atoms with Crippen molar-refractivity contribution in [2.45, 2.75) is 37.8 Å². The molecule has 18 heavy (non-hydrogen) atoms. The molecular weight excluding hydrogens is 278 g/mol. The first-order chi connectivity index (χ1) is 8.15. The van der Waals surface area contributed by atoms with Crippen molar-refractivity contribution >= 4 is 27.3 Å². The van der Waals surface area contributed by atoms with Gasteiger partial charge in [-0.2, -0.15) is 4.72 Å². The van der Waals surface area contributed by atoms with Gasteiger partial charge in [-0.3, -0.25) is 4.79 Å². The van der Waals surface area contributed by atoms with Crippen LogP contribution >= 0.6 is 11.3 Å². The summed E-state index contributed by atoms with van der Waals surface area (Å²) >= 11 is 1.31. The van der Waals surface area contributed by atoms with E-state index in [0.717, 1.165) is 4.88 Å². The second-order valence-corrected chi connectivity index (χ2v) is 7.10. The number of hydrogen-bond acceptors (Lipinski definition) is 5. The summed E-state index contributed by atoms with van der Waals surface area (Å²) in [5.74, 6) is -1.42. The lowest BCUT2D eigenvalue weighted by molar-refractivity contribution is -0.141. The number of aliphatic hydroxyl groups excluding tert-OH is 1. The van der Waals surface area contributed by atoms with Crippen LogP contribution in [0.5, 0.6) is 0 Å². The topological polar surface area (TPSA) is 104 Å². The largest absolute Gasteiger partial charge is 0.480 e. The fourth-order valence-electron chi connectivity index (χ4n) is 1.46. The van der Waals surface area contributed by atoms with Gasteiger partial charge in [-0.1, -0.05) is 0 Å². The van der Waals surface area contributed by atoms with E-state index in [9.17, 15) is 18.3 Å². The van der Waals surface area contributed by atoms with Crippen LogP contribution in [0.15, 0.2) is 11.0 Å². The maximum atomic E-state index is 12.0. The molecule has 0 radical (unpaired) electrons. The molecule has 1 aromatic heterocycles. The van der Waals surface area contributed by atoms with Crippen molar-refractivity contribution in [3.63, 3.8) is 0 Å². The average molecular weight is 293 g/mol. The standard InChI is InChI=1S/C10H15NO5S2/c1-5-4-8(7(3)17-5)18(15,16)11-9(6(2)12)10(13)14/h4,6,9,11-12H,1-3H3,(H,13,14)/t6-,9+/m1/s1. The second-order valence-electron chi connectivity index (χ2n) is 3.96. The summed E-state index contributed by atoms with van der Waals surface area (Å²) in [4.78, 5) is 12.3. The van der Waals surface area contributed by atoms with Crippen molar-refractivity contribution in [2.75, 3.05) is 0 Å². The van der Waals surface area contributed by atoms with E-state index in [1.54, 1.807) is 13.8 Å². The first-order valence-corrected chi connectivity index (χ1v) is 7.45. The Morgan fingerprint density at radius 3 is 2.33 bits per heavy atom. The molecule has 1 aromatic rings. The molecule has 0 unspecified atom stereocenters. The maximum absolute atomic E-state index is 12.0. The molecule has 0 aliphatic rings. The molecule has 0 fully saturated rings. The minimum Gasteiger partial charge on any atom is -0.480 e. The van der Waals surface area contributed by atoms with Crippen LogP contribution in [0.3, 0.4) is 0 Å². The third kappa shape index (κ3) is 3.29. The van der Waals surface area contributed by atoms with Crippen molar-refractivity contribution in [3.05, 3.63) is 15.8 Å². The van der Waals surface area contributed by atoms with Gasteiger partial charge in [0.25, 0.3) is 0 Å². The highest BCUT2D eigenvalue weighted by Gasteiger charge is 2.30. The van der Waals surface area contributed by atoms with Crippen LogP contribution in [0.1, 0.15) is 16.7 Å². The normalized spacial score (nSPS) is 15.3. The number of carboxylic acids is 1. The molecular formula is C10H15NO5S2. The molecule has 102 valence electrons. The number of aliphatic carboxylic acids is 1. The zero-order valence-electron chi connectivity index (χ0n) is 10.2. The van der Waals surface area contributed by atoms with Crippen LogP contribution in [0.25, 0.3) is 0 Å². The van der Waals surface area contributed by atoms with E-state index in [-0.39, 0.29) is 4.90 Å². The average Bonchev–Trinajstić information content (AvgIpc) is 2.54. The molecule has 1 rings (SSSR count). The van der Waals surface area contributed by atoms with Gasteiger partial charge in [0, 0.05) is 9.75 Å². The first-order valence-electron chi connectivity index (χ1n) is 5.15. The summed E-state index contributed by atoms with van der Waals surface area (Å²) in [6, 6.07) is -0.0851. The van der Waals surface area contributed by atoms with Gasteiger partial charge in [-0.05, 0) is 26.8 Å². The summed E-state index contributed by atoms with van der Waals surface area (Å²) < 4.78 is 26.0. The molecule has 0 amide bonds. The molecule has 8 heteroatoms. The van der Waals surface area contributed by atoms with Gasteiger partial charge in [0.1, 0.15) is 6.04 Å². The number of aliphatic hydroxyl groups is 1. The molecule has 0 saturated heterocycles. The van der Waals surface area contributed by atoms with Crippen molar-refractivity contribution < 1.29 is 23.4 Å². The summed E-state index contributed by atoms with van der Waals surface area (Å²) in [5, 5.41) is 18.1. The van der Waals surface area contributed by atoms with E-state index in [1.165, 1.54) is 24.3 Å². The SMILES string of the molecule is Cc1cc(S(=O)(=O)N[C@H](C(=O)O)[C@@H](C)O)c(C)s1. The fourth-order valence-corrected chi connectivity index (χ4v) is 4.28. The monoisotopic (exact) mass is 293 g/mol. The predicted molar refractivity (Wildman–Crippen MR) is 67.2 cm³/mol. The van der Waals surface area contributed by atoms with Crippen LogP contribution in [0, 0.1) is 13.8 Å². The highest BCUT2D eigenvalue weighted by Crippen LogP contribution is 2.25. The number of hydrogen-bond donors (Lipinski definition) is 3. The molecule has 0 aliphatic heterocycles. The van der Waals surface area contributed by atoms with Crippen LogP contribution in [-0.4, -0.2) is 36.7 Å². The van der Waals surface area contributed by atoms with E-state index >= 15 is 0 Å². The lowest BCUT2D eigenvalue weighted by Gasteiger charge is -2.16. The Labute approximate surface area is 109 Å². The molecule has 3 N–H and O–H groups in total. The van der Waals surface area contributed by atoms with Crippen LogP contribution in [0.2, 0.25) is 0 Å². The Hall–Kier alpha value is -0.960. The zero-order chi connectivity index (χ0) is 14.1. The summed E-state index contributed by atoms with van der Waals surface area (Å²) in [5.41, 5.74) is 0. The van der Waals surface area contributed by atoms with Gasteiger partial charge < -0.3 is 10.2 Å². The van der Waals surface area contributed by atoms with E-state index in [2.05, 4.69) is 0 Å². The van der Waals surface area contributed by atoms with E-state index in [4.69, 9.17) is 5.11 Å². The van der Waals surface area contributed by atoms with Gasteiger partial charge in [0.2, 0.25) is 10.0 Å². The smallest absolute Gasteiger partial charge is 0.324 e.